The predicted molar refractivity (Wildman–Crippen MR) is 105 cm³/mol. The van der Waals surface area contributed by atoms with Crippen molar-refractivity contribution in [2.24, 2.45) is 5.92 Å². The molecule has 140 valence electrons. The Labute approximate surface area is 155 Å². The molecule has 6 heteroatoms. The van der Waals surface area contributed by atoms with Crippen molar-refractivity contribution in [2.75, 3.05) is 23.3 Å². The zero-order valence-corrected chi connectivity index (χ0v) is 16.4. The molecule has 0 aromatic carbocycles. The van der Waals surface area contributed by atoms with Gasteiger partial charge in [0.15, 0.2) is 5.82 Å². The van der Waals surface area contributed by atoms with Crippen LogP contribution in [0.1, 0.15) is 63.9 Å². The normalized spacial score (nSPS) is 18.2. The van der Waals surface area contributed by atoms with Crippen LogP contribution in [0.2, 0.25) is 0 Å². The number of anilines is 3. The third-order valence-corrected chi connectivity index (χ3v) is 5.62. The van der Waals surface area contributed by atoms with Crippen LogP contribution >= 0.6 is 0 Å². The monoisotopic (exact) mass is 354 g/mol. The first-order chi connectivity index (χ1) is 12.4. The molecule has 1 aliphatic heterocycles. The van der Waals surface area contributed by atoms with Crippen LogP contribution in [0.4, 0.5) is 17.6 Å². The molecule has 0 radical (unpaired) electrons. The Morgan fingerprint density at radius 3 is 2.62 bits per heavy atom. The van der Waals surface area contributed by atoms with E-state index < -0.39 is 0 Å². The second kappa shape index (κ2) is 6.56. The summed E-state index contributed by atoms with van der Waals surface area (Å²) in [6.45, 7) is 11.0. The number of aryl methyl sites for hydroxylation is 1. The summed E-state index contributed by atoms with van der Waals surface area (Å²) in [5.74, 6) is 3.46. The molecule has 26 heavy (non-hydrogen) atoms. The average molecular weight is 355 g/mol. The molecule has 1 fully saturated rings. The van der Waals surface area contributed by atoms with Crippen LogP contribution in [-0.2, 0) is 18.3 Å². The molecule has 3 heterocycles. The summed E-state index contributed by atoms with van der Waals surface area (Å²) in [5, 5.41) is 11.1. The van der Waals surface area contributed by atoms with Crippen LogP contribution < -0.4 is 10.2 Å². The molecule has 1 saturated heterocycles. The minimum atomic E-state index is 0.0518. The van der Waals surface area contributed by atoms with Crippen LogP contribution in [0.25, 0.3) is 0 Å². The van der Waals surface area contributed by atoms with E-state index in [9.17, 15) is 0 Å². The molecule has 2 aromatic heterocycles. The average Bonchev–Trinajstić information content (AvgIpc) is 3.24. The molecule has 2 N–H and O–H groups in total. The summed E-state index contributed by atoms with van der Waals surface area (Å²) >= 11 is 0. The molecule has 4 rings (SSSR count). The van der Waals surface area contributed by atoms with Crippen LogP contribution in [0.5, 0.6) is 0 Å². The molecule has 1 aliphatic carbocycles. The number of hydrogen-bond donors (Lipinski definition) is 2. The van der Waals surface area contributed by atoms with Gasteiger partial charge in [0.2, 0.25) is 5.95 Å². The third-order valence-electron chi connectivity index (χ3n) is 5.62. The zero-order valence-electron chi connectivity index (χ0n) is 16.4. The SMILES string of the molecule is CC1CCN(c2nc3c(c(Nc4cc(C(C)(C)C)[nH]n4)n2)CCC3)CC1. The number of aromatic amines is 1. The van der Waals surface area contributed by atoms with Gasteiger partial charge in [0.25, 0.3) is 0 Å². The predicted octanol–water partition coefficient (Wildman–Crippen LogP) is 3.97. The van der Waals surface area contributed by atoms with E-state index in [1.807, 2.05) is 0 Å². The minimum Gasteiger partial charge on any atom is -0.341 e. The van der Waals surface area contributed by atoms with Gasteiger partial charge in [-0.15, -0.1) is 0 Å². The highest BCUT2D eigenvalue weighted by molar-refractivity contribution is 5.60. The Morgan fingerprint density at radius 1 is 1.15 bits per heavy atom. The molecule has 0 atom stereocenters. The number of hydrogen-bond acceptors (Lipinski definition) is 5. The Hall–Kier alpha value is -2.11. The van der Waals surface area contributed by atoms with E-state index in [1.54, 1.807) is 0 Å². The standard InChI is InChI=1S/C20H30N6/c1-13-8-10-26(11-9-13)19-21-15-7-5-6-14(15)18(23-19)22-17-12-16(24-25-17)20(2,3)4/h12-13H,5-11H2,1-4H3,(H2,21,22,23,24,25). The lowest BCUT2D eigenvalue weighted by atomic mass is 9.92. The Bertz CT molecular complexity index is 780. The van der Waals surface area contributed by atoms with Crippen molar-refractivity contribution in [3.05, 3.63) is 23.0 Å². The molecule has 2 aliphatic rings. The molecule has 0 bridgehead atoms. The van der Waals surface area contributed by atoms with E-state index in [1.165, 1.54) is 24.1 Å². The van der Waals surface area contributed by atoms with Gasteiger partial charge >= 0.3 is 0 Å². The first-order valence-electron chi connectivity index (χ1n) is 9.88. The number of nitrogens with zero attached hydrogens (tertiary/aromatic N) is 4. The third kappa shape index (κ3) is 3.41. The van der Waals surface area contributed by atoms with Gasteiger partial charge in [0.1, 0.15) is 5.82 Å². The van der Waals surface area contributed by atoms with Gasteiger partial charge in [0.05, 0.1) is 5.69 Å². The molecular weight excluding hydrogens is 324 g/mol. The summed E-state index contributed by atoms with van der Waals surface area (Å²) in [6.07, 6.45) is 5.70. The van der Waals surface area contributed by atoms with Crippen molar-refractivity contribution in [3.63, 3.8) is 0 Å². The molecular formula is C20H30N6. The quantitative estimate of drug-likeness (QED) is 0.873. The lowest BCUT2D eigenvalue weighted by Gasteiger charge is -2.30. The van der Waals surface area contributed by atoms with E-state index >= 15 is 0 Å². The molecule has 2 aromatic rings. The van der Waals surface area contributed by atoms with Crippen molar-refractivity contribution in [2.45, 2.75) is 65.2 Å². The fourth-order valence-corrected chi connectivity index (χ4v) is 3.76. The van der Waals surface area contributed by atoms with E-state index in [0.29, 0.717) is 0 Å². The Morgan fingerprint density at radius 2 is 1.92 bits per heavy atom. The van der Waals surface area contributed by atoms with Gasteiger partial charge in [-0.3, -0.25) is 5.10 Å². The van der Waals surface area contributed by atoms with Crippen LogP contribution in [0.15, 0.2) is 6.07 Å². The van der Waals surface area contributed by atoms with Gasteiger partial charge in [-0.25, -0.2) is 4.98 Å². The highest BCUT2D eigenvalue weighted by Crippen LogP contribution is 2.32. The van der Waals surface area contributed by atoms with E-state index in [2.05, 4.69) is 54.2 Å². The van der Waals surface area contributed by atoms with Gasteiger partial charge < -0.3 is 10.2 Å². The lowest BCUT2D eigenvalue weighted by Crippen LogP contribution is -2.34. The smallest absolute Gasteiger partial charge is 0.227 e. The topological polar surface area (TPSA) is 69.7 Å². The number of piperidine rings is 1. The van der Waals surface area contributed by atoms with Crippen molar-refractivity contribution in [3.8, 4) is 0 Å². The van der Waals surface area contributed by atoms with Crippen molar-refractivity contribution < 1.29 is 0 Å². The first-order valence-corrected chi connectivity index (χ1v) is 9.88. The van der Waals surface area contributed by atoms with Crippen LogP contribution in [0.3, 0.4) is 0 Å². The first kappa shape index (κ1) is 17.3. The van der Waals surface area contributed by atoms with Gasteiger partial charge in [-0.2, -0.15) is 10.1 Å². The number of fused-ring (bicyclic) bond motifs is 1. The van der Waals surface area contributed by atoms with E-state index in [4.69, 9.17) is 9.97 Å². The zero-order chi connectivity index (χ0) is 18.3. The number of nitrogens with one attached hydrogen (secondary N) is 2. The highest BCUT2D eigenvalue weighted by Gasteiger charge is 2.25. The fraction of sp³-hybridized carbons (Fsp3) is 0.650. The number of rotatable bonds is 3. The highest BCUT2D eigenvalue weighted by atomic mass is 15.3. The summed E-state index contributed by atoms with van der Waals surface area (Å²) in [5.41, 5.74) is 3.65. The maximum atomic E-state index is 4.91. The Balaban J connectivity index is 1.62. The van der Waals surface area contributed by atoms with Crippen molar-refractivity contribution >= 4 is 17.6 Å². The summed E-state index contributed by atoms with van der Waals surface area (Å²) in [7, 11) is 0. The second-order valence-electron chi connectivity index (χ2n) is 8.86. The molecule has 0 amide bonds. The van der Waals surface area contributed by atoms with Gasteiger partial charge in [-0.05, 0) is 38.0 Å². The van der Waals surface area contributed by atoms with Gasteiger partial charge in [-0.1, -0.05) is 27.7 Å². The number of aromatic nitrogens is 4. The van der Waals surface area contributed by atoms with Gasteiger partial charge in [0, 0.05) is 35.8 Å². The summed E-state index contributed by atoms with van der Waals surface area (Å²) in [6, 6.07) is 2.09. The van der Waals surface area contributed by atoms with Crippen LogP contribution in [-0.4, -0.2) is 33.3 Å². The van der Waals surface area contributed by atoms with Crippen molar-refractivity contribution in [1.29, 1.82) is 0 Å². The van der Waals surface area contributed by atoms with E-state index in [0.717, 1.165) is 61.5 Å². The largest absolute Gasteiger partial charge is 0.341 e. The van der Waals surface area contributed by atoms with Crippen LogP contribution in [0, 0.1) is 5.92 Å². The maximum Gasteiger partial charge on any atom is 0.227 e. The molecule has 0 saturated carbocycles. The number of H-pyrrole nitrogens is 1. The summed E-state index contributed by atoms with van der Waals surface area (Å²) < 4.78 is 0. The molecule has 6 nitrogen and oxygen atoms in total. The van der Waals surface area contributed by atoms with E-state index in [-0.39, 0.29) is 5.41 Å². The lowest BCUT2D eigenvalue weighted by molar-refractivity contribution is 0.434. The maximum absolute atomic E-state index is 4.91. The van der Waals surface area contributed by atoms with Crippen molar-refractivity contribution in [1.82, 2.24) is 20.2 Å². The Kier molecular flexibility index (Phi) is 4.37. The fourth-order valence-electron chi connectivity index (χ4n) is 3.76. The second-order valence-corrected chi connectivity index (χ2v) is 8.86. The molecule has 0 spiro atoms. The minimum absolute atomic E-state index is 0.0518. The molecule has 0 unspecified atom stereocenters. The summed E-state index contributed by atoms with van der Waals surface area (Å²) in [4.78, 5) is 12.1.